The number of nitrogens with zero attached hydrogens (tertiary/aromatic N) is 2. The van der Waals surface area contributed by atoms with Crippen LogP contribution in [0.2, 0.25) is 0 Å². The number of hydrogen-bond acceptors (Lipinski definition) is 1. The molecule has 0 spiro atoms. The maximum Gasteiger partial charge on any atom is 0.212 e. The monoisotopic (exact) mass is 368 g/mol. The van der Waals surface area contributed by atoms with Gasteiger partial charge in [0, 0.05) is 53.4 Å². The van der Waals surface area contributed by atoms with Crippen molar-refractivity contribution in [1.82, 2.24) is 4.57 Å². The number of aryl methyl sites for hydroxylation is 2. The number of anilines is 1. The van der Waals surface area contributed by atoms with Crippen molar-refractivity contribution < 1.29 is 4.57 Å². The molecule has 0 aliphatic rings. The summed E-state index contributed by atoms with van der Waals surface area (Å²) in [4.78, 5) is 0. The van der Waals surface area contributed by atoms with Crippen molar-refractivity contribution in [1.29, 1.82) is 0 Å². The van der Waals surface area contributed by atoms with E-state index < -0.39 is 0 Å². The van der Waals surface area contributed by atoms with Crippen LogP contribution in [0.4, 0.5) is 5.69 Å². The summed E-state index contributed by atoms with van der Waals surface area (Å²) in [7, 11) is 4.07. The lowest BCUT2D eigenvalue weighted by atomic mass is 10.1. The third-order valence-corrected chi connectivity index (χ3v) is 5.42. The highest BCUT2D eigenvalue weighted by atomic mass is 15.0. The van der Waals surface area contributed by atoms with Crippen molar-refractivity contribution in [3.63, 3.8) is 0 Å². The first-order valence-electron chi connectivity index (χ1n) is 9.61. The van der Waals surface area contributed by atoms with Crippen LogP contribution in [0.3, 0.4) is 0 Å². The van der Waals surface area contributed by atoms with E-state index in [1.165, 1.54) is 39.2 Å². The lowest BCUT2D eigenvalue weighted by Crippen LogP contribution is -2.32. The molecule has 0 saturated heterocycles. The number of hydrogen-bond donors (Lipinski definition) is 1. The highest BCUT2D eigenvalue weighted by Crippen LogP contribution is 2.23. The second kappa shape index (κ2) is 7.35. The number of benzene rings is 2. The molecule has 0 aliphatic heterocycles. The minimum atomic E-state index is 1.13. The Morgan fingerprint density at radius 2 is 1.68 bits per heavy atom. The van der Waals surface area contributed by atoms with E-state index in [1.54, 1.807) is 0 Å². The van der Waals surface area contributed by atoms with Crippen molar-refractivity contribution in [2.75, 3.05) is 12.4 Å². The molecule has 4 rings (SSSR count). The molecule has 4 aromatic rings. The SMILES string of the molecule is CNc1ccc2c(ccc(/C=C/c3cc(C)n(-c4ccccc4)c3C)[n+]2C)c1. The third kappa shape index (κ3) is 3.20. The van der Waals surface area contributed by atoms with Gasteiger partial charge in [-0.25, -0.2) is 0 Å². The van der Waals surface area contributed by atoms with Gasteiger partial charge in [-0.3, -0.25) is 0 Å². The molecule has 1 N–H and O–H groups in total. The number of pyridine rings is 1. The molecule has 0 aliphatic carbocycles. The van der Waals surface area contributed by atoms with Gasteiger partial charge in [-0.1, -0.05) is 18.2 Å². The smallest absolute Gasteiger partial charge is 0.212 e. The molecular weight excluding hydrogens is 342 g/mol. The third-order valence-electron chi connectivity index (χ3n) is 5.42. The predicted molar refractivity (Wildman–Crippen MR) is 119 cm³/mol. The Hall–Kier alpha value is -3.33. The van der Waals surface area contributed by atoms with E-state index in [-0.39, 0.29) is 0 Å². The Labute approximate surface area is 166 Å². The number of aromatic nitrogens is 2. The maximum absolute atomic E-state index is 3.20. The molecule has 0 amide bonds. The topological polar surface area (TPSA) is 20.8 Å². The second-order valence-electron chi connectivity index (χ2n) is 7.17. The quantitative estimate of drug-likeness (QED) is 0.486. The highest BCUT2D eigenvalue weighted by molar-refractivity contribution is 5.81. The highest BCUT2D eigenvalue weighted by Gasteiger charge is 2.12. The Balaban J connectivity index is 1.71. The van der Waals surface area contributed by atoms with E-state index in [4.69, 9.17) is 0 Å². The molecule has 0 saturated carbocycles. The largest absolute Gasteiger partial charge is 0.388 e. The van der Waals surface area contributed by atoms with Crippen LogP contribution in [0.15, 0.2) is 66.7 Å². The summed E-state index contributed by atoms with van der Waals surface area (Å²) in [5, 5.41) is 4.43. The van der Waals surface area contributed by atoms with Gasteiger partial charge in [0.1, 0.15) is 7.05 Å². The van der Waals surface area contributed by atoms with E-state index >= 15 is 0 Å². The number of fused-ring (bicyclic) bond motifs is 1. The molecule has 0 bridgehead atoms. The van der Waals surface area contributed by atoms with Crippen LogP contribution in [-0.2, 0) is 7.05 Å². The van der Waals surface area contributed by atoms with Crippen LogP contribution >= 0.6 is 0 Å². The van der Waals surface area contributed by atoms with E-state index in [2.05, 4.69) is 114 Å². The standard InChI is InChI=1S/C25H26N3/c1-18-16-20(19(2)28(18)24-8-6-5-7-9-24)10-13-23-14-11-21-17-22(26-3)12-15-25(21)27(23)4/h5-17,26H,1-4H3/q+1. The Morgan fingerprint density at radius 1 is 0.893 bits per heavy atom. The lowest BCUT2D eigenvalue weighted by molar-refractivity contribution is -0.646. The molecule has 2 aromatic heterocycles. The van der Waals surface area contributed by atoms with Crippen molar-refractivity contribution >= 4 is 28.7 Å². The van der Waals surface area contributed by atoms with Gasteiger partial charge in [-0.15, -0.1) is 0 Å². The fourth-order valence-corrected chi connectivity index (χ4v) is 3.85. The minimum absolute atomic E-state index is 1.13. The molecular formula is C25H26N3+. The van der Waals surface area contributed by atoms with Crippen LogP contribution in [-0.4, -0.2) is 11.6 Å². The van der Waals surface area contributed by atoms with Gasteiger partial charge in [0.25, 0.3) is 0 Å². The average Bonchev–Trinajstić information content (AvgIpc) is 3.01. The fraction of sp³-hybridized carbons (Fsp3) is 0.160. The van der Waals surface area contributed by atoms with Gasteiger partial charge < -0.3 is 9.88 Å². The molecule has 0 unspecified atom stereocenters. The first-order chi connectivity index (χ1) is 13.6. The van der Waals surface area contributed by atoms with Crippen molar-refractivity contribution in [3.05, 3.63) is 89.4 Å². The van der Waals surface area contributed by atoms with Gasteiger partial charge in [0.15, 0.2) is 0 Å². The zero-order valence-electron chi connectivity index (χ0n) is 16.9. The van der Waals surface area contributed by atoms with Gasteiger partial charge in [-0.05, 0) is 61.9 Å². The molecule has 3 heteroatoms. The van der Waals surface area contributed by atoms with E-state index in [9.17, 15) is 0 Å². The van der Waals surface area contributed by atoms with Gasteiger partial charge in [0.2, 0.25) is 11.2 Å². The molecule has 3 nitrogen and oxygen atoms in total. The number of rotatable bonds is 4. The van der Waals surface area contributed by atoms with Gasteiger partial charge in [0.05, 0.1) is 0 Å². The summed E-state index contributed by atoms with van der Waals surface area (Å²) in [6.45, 7) is 4.34. The average molecular weight is 369 g/mol. The number of nitrogens with one attached hydrogen (secondary N) is 1. The Morgan fingerprint density at radius 3 is 2.43 bits per heavy atom. The van der Waals surface area contributed by atoms with E-state index in [0.717, 1.165) is 5.69 Å². The van der Waals surface area contributed by atoms with Gasteiger partial charge >= 0.3 is 0 Å². The molecule has 0 fully saturated rings. The van der Waals surface area contributed by atoms with E-state index in [0.29, 0.717) is 0 Å². The molecule has 2 heterocycles. The number of para-hydroxylation sites is 1. The normalized spacial score (nSPS) is 11.4. The second-order valence-corrected chi connectivity index (χ2v) is 7.17. The van der Waals surface area contributed by atoms with Crippen LogP contribution in [0.25, 0.3) is 28.7 Å². The van der Waals surface area contributed by atoms with Crippen LogP contribution in [0, 0.1) is 13.8 Å². The zero-order valence-corrected chi connectivity index (χ0v) is 16.9. The summed E-state index contributed by atoms with van der Waals surface area (Å²) < 4.78 is 4.54. The minimum Gasteiger partial charge on any atom is -0.388 e. The van der Waals surface area contributed by atoms with Crippen LogP contribution in [0.5, 0.6) is 0 Å². The Bertz CT molecular complexity index is 1170. The maximum atomic E-state index is 3.20. The summed E-state index contributed by atoms with van der Waals surface area (Å²) >= 11 is 0. The summed E-state index contributed by atoms with van der Waals surface area (Å²) in [5.41, 5.74) is 8.46. The van der Waals surface area contributed by atoms with Crippen LogP contribution < -0.4 is 9.88 Å². The van der Waals surface area contributed by atoms with Crippen LogP contribution in [0.1, 0.15) is 22.6 Å². The molecule has 140 valence electrons. The first kappa shape index (κ1) is 18.1. The molecule has 0 radical (unpaired) electrons. The zero-order chi connectivity index (χ0) is 19.7. The molecule has 28 heavy (non-hydrogen) atoms. The van der Waals surface area contributed by atoms with Crippen molar-refractivity contribution in [2.24, 2.45) is 7.05 Å². The first-order valence-corrected chi connectivity index (χ1v) is 9.61. The lowest BCUT2D eigenvalue weighted by Gasteiger charge is -2.09. The summed E-state index contributed by atoms with van der Waals surface area (Å²) in [6.07, 6.45) is 4.41. The summed E-state index contributed by atoms with van der Waals surface area (Å²) in [6, 6.07) is 23.6. The predicted octanol–water partition coefficient (Wildman–Crippen LogP) is 5.28. The van der Waals surface area contributed by atoms with Crippen molar-refractivity contribution in [3.8, 4) is 5.69 Å². The van der Waals surface area contributed by atoms with Crippen molar-refractivity contribution in [2.45, 2.75) is 13.8 Å². The fourth-order valence-electron chi connectivity index (χ4n) is 3.85. The van der Waals surface area contributed by atoms with E-state index in [1.807, 2.05) is 7.05 Å². The molecule has 0 atom stereocenters. The summed E-state index contributed by atoms with van der Waals surface area (Å²) in [5.74, 6) is 0. The molecule has 2 aromatic carbocycles. The Kier molecular flexibility index (Phi) is 4.74. The van der Waals surface area contributed by atoms with Gasteiger partial charge in [-0.2, -0.15) is 4.57 Å².